The van der Waals surface area contributed by atoms with Gasteiger partial charge in [-0.15, -0.1) is 11.3 Å². The number of benzene rings is 2. The Morgan fingerprint density at radius 1 is 1.10 bits per heavy atom. The minimum Gasteiger partial charge on any atom is -0.497 e. The first-order valence-corrected chi connectivity index (χ1v) is 11.8. The Labute approximate surface area is 178 Å². The molecule has 0 atom stereocenters. The van der Waals surface area contributed by atoms with Crippen molar-refractivity contribution < 1.29 is 22.6 Å². The van der Waals surface area contributed by atoms with Crippen LogP contribution in [0.5, 0.6) is 17.2 Å². The molecule has 0 amide bonds. The molecule has 0 saturated heterocycles. The van der Waals surface area contributed by atoms with Gasteiger partial charge in [-0.2, -0.15) is 4.31 Å². The lowest BCUT2D eigenvalue weighted by Gasteiger charge is -2.26. The van der Waals surface area contributed by atoms with Crippen LogP contribution < -0.4 is 14.2 Å². The third-order valence-electron chi connectivity index (χ3n) is 5.16. The van der Waals surface area contributed by atoms with Crippen LogP contribution in [0.1, 0.15) is 10.6 Å². The van der Waals surface area contributed by atoms with E-state index in [2.05, 4.69) is 0 Å². The number of nitrogens with zero attached hydrogens (tertiary/aromatic N) is 2. The van der Waals surface area contributed by atoms with Gasteiger partial charge in [0.25, 0.3) is 0 Å². The molecular formula is C21H20N2O5S2. The lowest BCUT2D eigenvalue weighted by atomic mass is 10.2. The Morgan fingerprint density at radius 3 is 2.77 bits per heavy atom. The Balaban J connectivity index is 1.42. The van der Waals surface area contributed by atoms with Crippen molar-refractivity contribution in [3.63, 3.8) is 0 Å². The van der Waals surface area contributed by atoms with Gasteiger partial charge in [-0.1, -0.05) is 12.1 Å². The van der Waals surface area contributed by atoms with Crippen LogP contribution in [0.2, 0.25) is 0 Å². The smallest absolute Gasteiger partial charge is 0.243 e. The summed E-state index contributed by atoms with van der Waals surface area (Å²) in [5.41, 5.74) is 1.93. The van der Waals surface area contributed by atoms with Crippen molar-refractivity contribution in [3.8, 4) is 27.8 Å². The lowest BCUT2D eigenvalue weighted by molar-refractivity contribution is 0.171. The largest absolute Gasteiger partial charge is 0.497 e. The van der Waals surface area contributed by atoms with E-state index in [-0.39, 0.29) is 4.90 Å². The number of aromatic nitrogens is 1. The second kappa shape index (κ2) is 7.57. The van der Waals surface area contributed by atoms with Crippen LogP contribution in [0.25, 0.3) is 10.6 Å². The summed E-state index contributed by atoms with van der Waals surface area (Å²) in [5, 5.41) is 0.873. The highest BCUT2D eigenvalue weighted by Crippen LogP contribution is 2.36. The van der Waals surface area contributed by atoms with Gasteiger partial charge in [0.1, 0.15) is 24.0 Å². The minimum absolute atomic E-state index is 0.215. The number of sulfonamides is 1. The minimum atomic E-state index is -3.65. The van der Waals surface area contributed by atoms with E-state index < -0.39 is 10.0 Å². The molecule has 0 N–H and O–H groups in total. The zero-order valence-corrected chi connectivity index (χ0v) is 18.0. The SMILES string of the molecule is COc1cccc(-c2nc3c(s2)CN(S(=O)(=O)c2ccc4c(c2)OCCO4)CC3)c1. The van der Waals surface area contributed by atoms with E-state index in [4.69, 9.17) is 19.2 Å². The van der Waals surface area contributed by atoms with Gasteiger partial charge in [0.05, 0.1) is 24.2 Å². The molecule has 3 aromatic rings. The van der Waals surface area contributed by atoms with Gasteiger partial charge < -0.3 is 14.2 Å². The summed E-state index contributed by atoms with van der Waals surface area (Å²) < 4.78 is 44.3. The average molecular weight is 445 g/mol. The molecule has 156 valence electrons. The quantitative estimate of drug-likeness (QED) is 0.614. The Kier molecular flexibility index (Phi) is 4.88. The number of ether oxygens (including phenoxy) is 3. The fraction of sp³-hybridized carbons (Fsp3) is 0.286. The van der Waals surface area contributed by atoms with Crippen molar-refractivity contribution in [3.05, 3.63) is 53.0 Å². The second-order valence-corrected chi connectivity index (χ2v) is 10.0. The molecule has 0 bridgehead atoms. The summed E-state index contributed by atoms with van der Waals surface area (Å²) in [5.74, 6) is 1.81. The third-order valence-corrected chi connectivity index (χ3v) is 8.14. The molecule has 9 heteroatoms. The van der Waals surface area contributed by atoms with E-state index in [0.29, 0.717) is 44.2 Å². The molecule has 0 fully saturated rings. The molecule has 3 heterocycles. The Morgan fingerprint density at radius 2 is 1.93 bits per heavy atom. The van der Waals surface area contributed by atoms with Crippen LogP contribution in [-0.4, -0.2) is 44.6 Å². The van der Waals surface area contributed by atoms with Crippen LogP contribution in [0.3, 0.4) is 0 Å². The number of hydrogen-bond donors (Lipinski definition) is 0. The molecule has 2 aliphatic rings. The maximum Gasteiger partial charge on any atom is 0.243 e. The summed E-state index contributed by atoms with van der Waals surface area (Å²) in [4.78, 5) is 5.94. The van der Waals surface area contributed by atoms with Gasteiger partial charge in [0.15, 0.2) is 11.5 Å². The summed E-state index contributed by atoms with van der Waals surface area (Å²) in [6.45, 7) is 1.59. The van der Waals surface area contributed by atoms with Crippen molar-refractivity contribution >= 4 is 21.4 Å². The second-order valence-electron chi connectivity index (χ2n) is 7.01. The number of hydrogen-bond acceptors (Lipinski definition) is 7. The van der Waals surface area contributed by atoms with Gasteiger partial charge in [-0.3, -0.25) is 0 Å². The maximum absolute atomic E-state index is 13.2. The Bertz CT molecular complexity index is 1210. The first-order chi connectivity index (χ1) is 14.5. The molecule has 0 aliphatic carbocycles. The van der Waals surface area contributed by atoms with E-state index >= 15 is 0 Å². The fourth-order valence-electron chi connectivity index (χ4n) is 3.59. The van der Waals surface area contributed by atoms with Crippen molar-refractivity contribution in [2.75, 3.05) is 26.9 Å². The van der Waals surface area contributed by atoms with Crippen LogP contribution in [-0.2, 0) is 23.0 Å². The highest BCUT2D eigenvalue weighted by molar-refractivity contribution is 7.89. The zero-order chi connectivity index (χ0) is 20.7. The van der Waals surface area contributed by atoms with Gasteiger partial charge >= 0.3 is 0 Å². The summed E-state index contributed by atoms with van der Waals surface area (Å²) in [6.07, 6.45) is 0.583. The molecule has 0 unspecified atom stereocenters. The van der Waals surface area contributed by atoms with E-state index in [9.17, 15) is 8.42 Å². The van der Waals surface area contributed by atoms with Crippen LogP contribution in [0, 0.1) is 0 Å². The monoisotopic (exact) mass is 444 g/mol. The van der Waals surface area contributed by atoms with Crippen molar-refractivity contribution in [1.29, 1.82) is 0 Å². The van der Waals surface area contributed by atoms with Crippen LogP contribution in [0.4, 0.5) is 0 Å². The molecular weight excluding hydrogens is 424 g/mol. The van der Waals surface area contributed by atoms with Crippen molar-refractivity contribution in [2.24, 2.45) is 0 Å². The van der Waals surface area contributed by atoms with E-state index in [1.165, 1.54) is 15.6 Å². The predicted molar refractivity (Wildman–Crippen MR) is 113 cm³/mol. The molecule has 7 nitrogen and oxygen atoms in total. The molecule has 2 aromatic carbocycles. The van der Waals surface area contributed by atoms with Crippen LogP contribution in [0.15, 0.2) is 47.4 Å². The maximum atomic E-state index is 13.2. The molecule has 0 saturated carbocycles. The topological polar surface area (TPSA) is 78.0 Å². The lowest BCUT2D eigenvalue weighted by Crippen LogP contribution is -2.35. The summed E-state index contributed by atoms with van der Waals surface area (Å²) in [6, 6.07) is 12.5. The summed E-state index contributed by atoms with van der Waals surface area (Å²) >= 11 is 1.53. The van der Waals surface area contributed by atoms with Crippen LogP contribution >= 0.6 is 11.3 Å². The number of fused-ring (bicyclic) bond motifs is 2. The predicted octanol–water partition coefficient (Wildman–Crippen LogP) is 3.34. The summed E-state index contributed by atoms with van der Waals surface area (Å²) in [7, 11) is -2.02. The van der Waals surface area contributed by atoms with Gasteiger partial charge in [0.2, 0.25) is 10.0 Å². The van der Waals surface area contributed by atoms with Crippen molar-refractivity contribution in [1.82, 2.24) is 9.29 Å². The fourth-order valence-corrected chi connectivity index (χ4v) is 6.22. The highest BCUT2D eigenvalue weighted by atomic mass is 32.2. The third kappa shape index (κ3) is 3.42. The molecule has 5 rings (SSSR count). The number of rotatable bonds is 4. The zero-order valence-electron chi connectivity index (χ0n) is 16.3. The van der Waals surface area contributed by atoms with E-state index in [1.54, 1.807) is 25.3 Å². The van der Waals surface area contributed by atoms with Crippen molar-refractivity contribution in [2.45, 2.75) is 17.9 Å². The molecule has 30 heavy (non-hydrogen) atoms. The molecule has 0 spiro atoms. The first-order valence-electron chi connectivity index (χ1n) is 9.57. The first kappa shape index (κ1) is 19.3. The Hall–Kier alpha value is -2.62. The van der Waals surface area contributed by atoms with Gasteiger partial charge in [-0.05, 0) is 24.3 Å². The standard InChI is InChI=1S/C21H20N2O5S2/c1-26-15-4-2-3-14(11-15)21-22-17-7-8-23(13-20(17)29-21)30(24,25)16-5-6-18-19(12-16)28-10-9-27-18/h2-6,11-12H,7-10,13H2,1H3. The molecule has 2 aliphatic heterocycles. The number of thiazole rings is 1. The van der Waals surface area contributed by atoms with Gasteiger partial charge in [-0.25, -0.2) is 13.4 Å². The average Bonchev–Trinajstić information content (AvgIpc) is 3.22. The van der Waals surface area contributed by atoms with E-state index in [1.807, 2.05) is 24.3 Å². The molecule has 1 aromatic heterocycles. The molecule has 0 radical (unpaired) electrons. The van der Waals surface area contributed by atoms with Gasteiger partial charge in [0, 0.05) is 29.5 Å². The normalized spacial score (nSPS) is 16.2. The number of methoxy groups -OCH3 is 1. The van der Waals surface area contributed by atoms with E-state index in [0.717, 1.165) is 26.9 Å². The highest BCUT2D eigenvalue weighted by Gasteiger charge is 2.31.